The average Bonchev–Trinajstić information content (AvgIpc) is 2.87. The summed E-state index contributed by atoms with van der Waals surface area (Å²) in [5.74, 6) is 0.750. The number of carbonyl (C=O) groups is 2. The molecule has 5 rings (SSSR count). The Morgan fingerprint density at radius 3 is 2.71 bits per heavy atom. The topological polar surface area (TPSA) is 67.9 Å². The summed E-state index contributed by atoms with van der Waals surface area (Å²) >= 11 is 0. The van der Waals surface area contributed by atoms with Crippen molar-refractivity contribution < 1.29 is 19.1 Å². The quantitative estimate of drug-likeness (QED) is 0.672. The summed E-state index contributed by atoms with van der Waals surface area (Å²) in [4.78, 5) is 28.4. The van der Waals surface area contributed by atoms with Crippen molar-refractivity contribution in [2.24, 2.45) is 0 Å². The smallest absolute Gasteiger partial charge is 0.289 e. The molecule has 3 aliphatic rings. The first-order valence-electron chi connectivity index (χ1n) is 12.3. The van der Waals surface area contributed by atoms with E-state index in [4.69, 9.17) is 9.47 Å². The normalized spacial score (nSPS) is 25.2. The van der Waals surface area contributed by atoms with Crippen molar-refractivity contribution in [2.45, 2.75) is 63.1 Å². The van der Waals surface area contributed by atoms with Crippen molar-refractivity contribution in [3.05, 3.63) is 71.0 Å². The molecule has 2 fully saturated rings. The molecule has 3 atom stereocenters. The van der Waals surface area contributed by atoms with Gasteiger partial charge < -0.3 is 19.7 Å². The van der Waals surface area contributed by atoms with Gasteiger partial charge in [-0.15, -0.1) is 0 Å². The van der Waals surface area contributed by atoms with Crippen molar-refractivity contribution in [2.75, 3.05) is 13.7 Å². The number of aryl methyl sites for hydroxylation is 1. The standard InChI is InChI=1S/C28H32N2O4/c1-33-21-15-13-19(14-16-21)17-26-28(32)30(24-11-4-5-12-25(24)34-26)18-27(31)29-23-10-6-8-20-7-2-3-9-22(20)23/h2-3,7,9,13-17,23-25H,4-6,8,10-12,18H2,1H3,(H,29,31)/b26-17+. The van der Waals surface area contributed by atoms with Crippen LogP contribution in [0.3, 0.4) is 0 Å². The highest BCUT2D eigenvalue weighted by atomic mass is 16.5. The Labute approximate surface area is 200 Å². The number of benzene rings is 2. The van der Waals surface area contributed by atoms with Crippen LogP contribution in [0.4, 0.5) is 0 Å². The molecule has 3 unspecified atom stereocenters. The average molecular weight is 461 g/mol. The number of fused-ring (bicyclic) bond motifs is 2. The summed E-state index contributed by atoms with van der Waals surface area (Å²) < 4.78 is 11.4. The van der Waals surface area contributed by atoms with Crippen LogP contribution in [0.15, 0.2) is 54.3 Å². The van der Waals surface area contributed by atoms with E-state index in [1.165, 1.54) is 11.1 Å². The first-order chi connectivity index (χ1) is 16.6. The van der Waals surface area contributed by atoms with Gasteiger partial charge in [0.2, 0.25) is 5.91 Å². The molecule has 2 amide bonds. The monoisotopic (exact) mass is 460 g/mol. The van der Waals surface area contributed by atoms with Crippen LogP contribution >= 0.6 is 0 Å². The van der Waals surface area contributed by atoms with E-state index in [2.05, 4.69) is 23.5 Å². The minimum absolute atomic E-state index is 0.00468. The lowest BCUT2D eigenvalue weighted by Crippen LogP contribution is -2.57. The maximum absolute atomic E-state index is 13.5. The number of nitrogens with one attached hydrogen (secondary N) is 1. The van der Waals surface area contributed by atoms with Gasteiger partial charge in [-0.2, -0.15) is 0 Å². The summed E-state index contributed by atoms with van der Waals surface area (Å²) in [7, 11) is 1.62. The predicted molar refractivity (Wildman–Crippen MR) is 130 cm³/mol. The lowest BCUT2D eigenvalue weighted by Gasteiger charge is -2.44. The van der Waals surface area contributed by atoms with Crippen LogP contribution < -0.4 is 10.1 Å². The summed E-state index contributed by atoms with van der Waals surface area (Å²) in [5, 5.41) is 3.21. The second kappa shape index (κ2) is 9.92. The third-order valence-corrected chi connectivity index (χ3v) is 7.25. The third kappa shape index (κ3) is 4.67. The first kappa shape index (κ1) is 22.5. The lowest BCUT2D eigenvalue weighted by molar-refractivity contribution is -0.152. The van der Waals surface area contributed by atoms with Crippen molar-refractivity contribution in [3.63, 3.8) is 0 Å². The van der Waals surface area contributed by atoms with Crippen LogP contribution in [0.25, 0.3) is 6.08 Å². The molecule has 1 saturated carbocycles. The van der Waals surface area contributed by atoms with Crippen LogP contribution in [0, 0.1) is 0 Å². The highest BCUT2D eigenvalue weighted by Gasteiger charge is 2.42. The van der Waals surface area contributed by atoms with E-state index in [0.29, 0.717) is 5.76 Å². The van der Waals surface area contributed by atoms with Crippen LogP contribution in [0.1, 0.15) is 61.3 Å². The molecule has 0 aromatic heterocycles. The molecule has 0 bridgehead atoms. The van der Waals surface area contributed by atoms with Gasteiger partial charge >= 0.3 is 0 Å². The SMILES string of the molecule is COc1ccc(/C=C2/OC3CCCCC3N(CC(=O)NC3CCCc4ccccc43)C2=O)cc1. The summed E-state index contributed by atoms with van der Waals surface area (Å²) in [5.41, 5.74) is 3.37. The second-order valence-corrected chi connectivity index (χ2v) is 9.43. The van der Waals surface area contributed by atoms with Gasteiger partial charge in [-0.3, -0.25) is 9.59 Å². The van der Waals surface area contributed by atoms with E-state index in [1.807, 2.05) is 30.3 Å². The largest absolute Gasteiger partial charge is 0.497 e. The van der Waals surface area contributed by atoms with E-state index >= 15 is 0 Å². The van der Waals surface area contributed by atoms with E-state index < -0.39 is 0 Å². The van der Waals surface area contributed by atoms with Gasteiger partial charge in [-0.05, 0) is 73.4 Å². The van der Waals surface area contributed by atoms with Crippen molar-refractivity contribution in [1.82, 2.24) is 10.2 Å². The molecule has 2 aromatic rings. The Morgan fingerprint density at radius 2 is 1.88 bits per heavy atom. The van der Waals surface area contributed by atoms with Crippen molar-refractivity contribution in [3.8, 4) is 5.75 Å². The molecule has 178 valence electrons. The predicted octanol–water partition coefficient (Wildman–Crippen LogP) is 4.40. The van der Waals surface area contributed by atoms with E-state index in [1.54, 1.807) is 18.1 Å². The number of morpholine rings is 1. The van der Waals surface area contributed by atoms with Gasteiger partial charge in [0.25, 0.3) is 5.91 Å². The third-order valence-electron chi connectivity index (χ3n) is 7.25. The Hall–Kier alpha value is -3.28. The zero-order chi connectivity index (χ0) is 23.5. The molecule has 1 heterocycles. The molecule has 1 aliphatic heterocycles. The van der Waals surface area contributed by atoms with Crippen molar-refractivity contribution in [1.29, 1.82) is 0 Å². The Morgan fingerprint density at radius 1 is 1.09 bits per heavy atom. The van der Waals surface area contributed by atoms with Gasteiger partial charge in [0.15, 0.2) is 5.76 Å². The summed E-state index contributed by atoms with van der Waals surface area (Å²) in [6.45, 7) is 0.0575. The summed E-state index contributed by atoms with van der Waals surface area (Å²) in [6.07, 6.45) is 8.61. The van der Waals surface area contributed by atoms with E-state index in [-0.39, 0.29) is 36.5 Å². The number of methoxy groups -OCH3 is 1. The number of ether oxygens (including phenoxy) is 2. The van der Waals surface area contributed by atoms with Crippen LogP contribution in [-0.2, 0) is 20.7 Å². The molecule has 0 radical (unpaired) electrons. The molecular weight excluding hydrogens is 428 g/mol. The molecule has 0 spiro atoms. The summed E-state index contributed by atoms with van der Waals surface area (Å²) in [6, 6.07) is 15.8. The van der Waals surface area contributed by atoms with Crippen LogP contribution in [-0.4, -0.2) is 42.5 Å². The molecule has 6 heteroatoms. The number of hydrogen-bond donors (Lipinski definition) is 1. The van der Waals surface area contributed by atoms with Crippen LogP contribution in [0.5, 0.6) is 5.75 Å². The zero-order valence-corrected chi connectivity index (χ0v) is 19.7. The number of amides is 2. The number of nitrogens with zero attached hydrogens (tertiary/aromatic N) is 1. The molecule has 1 saturated heterocycles. The van der Waals surface area contributed by atoms with Gasteiger partial charge in [0.05, 0.1) is 19.2 Å². The molecule has 2 aliphatic carbocycles. The number of hydrogen-bond acceptors (Lipinski definition) is 4. The number of carbonyl (C=O) groups excluding carboxylic acids is 2. The molecule has 1 N–H and O–H groups in total. The number of rotatable bonds is 5. The lowest BCUT2D eigenvalue weighted by atomic mass is 9.87. The molecule has 6 nitrogen and oxygen atoms in total. The minimum atomic E-state index is -0.210. The highest BCUT2D eigenvalue weighted by molar-refractivity contribution is 5.98. The minimum Gasteiger partial charge on any atom is -0.497 e. The Bertz CT molecular complexity index is 1080. The maximum Gasteiger partial charge on any atom is 0.289 e. The first-order valence-corrected chi connectivity index (χ1v) is 12.3. The Kier molecular flexibility index (Phi) is 6.57. The van der Waals surface area contributed by atoms with Gasteiger partial charge in [-0.1, -0.05) is 42.8 Å². The molecular formula is C28H32N2O4. The fourth-order valence-electron chi connectivity index (χ4n) is 5.51. The van der Waals surface area contributed by atoms with Crippen LogP contribution in [0.2, 0.25) is 0 Å². The molecule has 2 aromatic carbocycles. The van der Waals surface area contributed by atoms with E-state index in [9.17, 15) is 9.59 Å². The van der Waals surface area contributed by atoms with Gasteiger partial charge in [-0.25, -0.2) is 0 Å². The van der Waals surface area contributed by atoms with Gasteiger partial charge in [0, 0.05) is 0 Å². The maximum atomic E-state index is 13.5. The zero-order valence-electron chi connectivity index (χ0n) is 19.7. The van der Waals surface area contributed by atoms with Crippen molar-refractivity contribution >= 4 is 17.9 Å². The fraction of sp³-hybridized carbons (Fsp3) is 0.429. The van der Waals surface area contributed by atoms with Gasteiger partial charge in [0.1, 0.15) is 18.4 Å². The highest BCUT2D eigenvalue weighted by Crippen LogP contribution is 2.34. The Balaban J connectivity index is 1.34. The molecule has 34 heavy (non-hydrogen) atoms. The van der Waals surface area contributed by atoms with E-state index in [0.717, 1.165) is 56.3 Å². The second-order valence-electron chi connectivity index (χ2n) is 9.43. The fourth-order valence-corrected chi connectivity index (χ4v) is 5.51.